The average molecular weight is 467 g/mol. The molecule has 1 unspecified atom stereocenters. The molecule has 5 nitrogen and oxygen atoms in total. The minimum absolute atomic E-state index is 0.0917. The number of sulfonamides is 1. The molecular formula is C27H34N2O3S. The van der Waals surface area contributed by atoms with Crippen molar-refractivity contribution in [2.24, 2.45) is 5.92 Å². The smallest absolute Gasteiger partial charge is 0.251 e. The van der Waals surface area contributed by atoms with Crippen molar-refractivity contribution >= 4 is 32.4 Å². The monoisotopic (exact) mass is 466 g/mol. The van der Waals surface area contributed by atoms with Crippen LogP contribution in [0.1, 0.15) is 55.5 Å². The van der Waals surface area contributed by atoms with Crippen LogP contribution in [0.15, 0.2) is 66.7 Å². The second-order valence-electron chi connectivity index (χ2n) is 8.62. The first-order valence-corrected chi connectivity index (χ1v) is 13.5. The summed E-state index contributed by atoms with van der Waals surface area (Å²) in [6.07, 6.45) is 5.73. The highest BCUT2D eigenvalue weighted by atomic mass is 32.2. The first-order chi connectivity index (χ1) is 15.8. The molecular weight excluding hydrogens is 432 g/mol. The number of amides is 1. The van der Waals surface area contributed by atoms with Crippen LogP contribution in [0.4, 0.5) is 5.69 Å². The molecule has 0 saturated carbocycles. The Kier molecular flexibility index (Phi) is 8.50. The maximum atomic E-state index is 12.6. The van der Waals surface area contributed by atoms with E-state index in [4.69, 9.17) is 0 Å². The summed E-state index contributed by atoms with van der Waals surface area (Å²) in [5.41, 5.74) is 2.02. The number of nitrogens with zero attached hydrogens (tertiary/aromatic N) is 1. The summed E-state index contributed by atoms with van der Waals surface area (Å²) in [6.45, 7) is 5.22. The van der Waals surface area contributed by atoms with Gasteiger partial charge in [-0.05, 0) is 52.9 Å². The topological polar surface area (TPSA) is 66.5 Å². The lowest BCUT2D eigenvalue weighted by Gasteiger charge is -2.23. The van der Waals surface area contributed by atoms with Crippen LogP contribution in [0.3, 0.4) is 0 Å². The summed E-state index contributed by atoms with van der Waals surface area (Å²) in [5.74, 6) is 0.407. The molecule has 1 atom stereocenters. The number of carbonyl (C=O) groups excluding carboxylic acids is 1. The van der Waals surface area contributed by atoms with E-state index in [-0.39, 0.29) is 12.5 Å². The van der Waals surface area contributed by atoms with Crippen molar-refractivity contribution in [2.45, 2.75) is 46.1 Å². The number of hydrogen-bond acceptors (Lipinski definition) is 3. The number of nitrogens with one attached hydrogen (secondary N) is 1. The predicted molar refractivity (Wildman–Crippen MR) is 137 cm³/mol. The van der Waals surface area contributed by atoms with Crippen molar-refractivity contribution in [3.63, 3.8) is 0 Å². The summed E-state index contributed by atoms with van der Waals surface area (Å²) in [4.78, 5) is 12.6. The first-order valence-electron chi connectivity index (χ1n) is 11.7. The SMILES string of the molecule is CCCCC(CC)CNC(=O)c1ccc(CN(c2ccc3ccccc3c2)S(C)(=O)=O)cc1. The van der Waals surface area contributed by atoms with E-state index in [2.05, 4.69) is 19.2 Å². The van der Waals surface area contributed by atoms with Crippen molar-refractivity contribution in [1.29, 1.82) is 0 Å². The maximum Gasteiger partial charge on any atom is 0.251 e. The minimum atomic E-state index is -3.49. The molecule has 0 fully saturated rings. The number of benzene rings is 3. The zero-order chi connectivity index (χ0) is 23.8. The van der Waals surface area contributed by atoms with E-state index >= 15 is 0 Å². The molecule has 3 aromatic carbocycles. The molecule has 0 saturated heterocycles. The second-order valence-corrected chi connectivity index (χ2v) is 10.5. The van der Waals surface area contributed by atoms with Gasteiger partial charge in [0, 0.05) is 12.1 Å². The van der Waals surface area contributed by atoms with E-state index in [1.807, 2.05) is 54.6 Å². The lowest BCUT2D eigenvalue weighted by atomic mass is 9.99. The minimum Gasteiger partial charge on any atom is -0.352 e. The molecule has 0 aliphatic carbocycles. The fraction of sp³-hybridized carbons (Fsp3) is 0.370. The summed E-state index contributed by atoms with van der Waals surface area (Å²) in [5, 5.41) is 5.09. The van der Waals surface area contributed by atoms with Gasteiger partial charge in [0.05, 0.1) is 18.5 Å². The van der Waals surface area contributed by atoms with E-state index in [1.165, 1.54) is 17.0 Å². The summed E-state index contributed by atoms with van der Waals surface area (Å²) in [7, 11) is -3.49. The van der Waals surface area contributed by atoms with Gasteiger partial charge in [-0.2, -0.15) is 0 Å². The van der Waals surface area contributed by atoms with Crippen LogP contribution in [0.5, 0.6) is 0 Å². The second kappa shape index (κ2) is 11.3. The predicted octanol–water partition coefficient (Wildman–Crippen LogP) is 5.75. The van der Waals surface area contributed by atoms with Crippen LogP contribution >= 0.6 is 0 Å². The van der Waals surface area contributed by atoms with Gasteiger partial charge in [0.2, 0.25) is 10.0 Å². The highest BCUT2D eigenvalue weighted by molar-refractivity contribution is 7.92. The molecule has 3 aromatic rings. The van der Waals surface area contributed by atoms with Crippen LogP contribution in [-0.4, -0.2) is 27.1 Å². The molecule has 0 bridgehead atoms. The van der Waals surface area contributed by atoms with Gasteiger partial charge in [0.25, 0.3) is 5.91 Å². The zero-order valence-electron chi connectivity index (χ0n) is 19.8. The Hall–Kier alpha value is -2.86. The zero-order valence-corrected chi connectivity index (χ0v) is 20.6. The van der Waals surface area contributed by atoms with Crippen molar-refractivity contribution in [2.75, 3.05) is 17.1 Å². The number of fused-ring (bicyclic) bond motifs is 1. The van der Waals surface area contributed by atoms with Gasteiger partial charge in [0.15, 0.2) is 0 Å². The molecule has 3 rings (SSSR count). The molecule has 1 N–H and O–H groups in total. The Morgan fingerprint density at radius 1 is 0.970 bits per heavy atom. The van der Waals surface area contributed by atoms with E-state index in [9.17, 15) is 13.2 Å². The van der Waals surface area contributed by atoms with Crippen LogP contribution in [0, 0.1) is 5.92 Å². The van der Waals surface area contributed by atoms with E-state index in [0.29, 0.717) is 23.7 Å². The van der Waals surface area contributed by atoms with Crippen LogP contribution in [-0.2, 0) is 16.6 Å². The Morgan fingerprint density at radius 2 is 1.67 bits per heavy atom. The molecule has 33 heavy (non-hydrogen) atoms. The van der Waals surface area contributed by atoms with Crippen molar-refractivity contribution in [1.82, 2.24) is 5.32 Å². The maximum absolute atomic E-state index is 12.6. The molecule has 0 spiro atoms. The number of anilines is 1. The molecule has 0 heterocycles. The van der Waals surface area contributed by atoms with Crippen molar-refractivity contribution in [3.05, 3.63) is 77.9 Å². The third-order valence-electron chi connectivity index (χ3n) is 6.06. The lowest BCUT2D eigenvalue weighted by molar-refractivity contribution is 0.0946. The van der Waals surface area contributed by atoms with Gasteiger partial charge in [-0.1, -0.05) is 75.6 Å². The number of rotatable bonds is 11. The van der Waals surface area contributed by atoms with Gasteiger partial charge < -0.3 is 5.32 Å². The average Bonchev–Trinajstić information content (AvgIpc) is 2.82. The molecule has 0 radical (unpaired) electrons. The number of unbranched alkanes of at least 4 members (excludes halogenated alkanes) is 1. The molecule has 0 aliphatic heterocycles. The highest BCUT2D eigenvalue weighted by Gasteiger charge is 2.19. The molecule has 6 heteroatoms. The first kappa shape index (κ1) is 24.8. The van der Waals surface area contributed by atoms with Crippen LogP contribution < -0.4 is 9.62 Å². The largest absolute Gasteiger partial charge is 0.352 e. The Bertz CT molecular complexity index is 1170. The Morgan fingerprint density at radius 3 is 2.30 bits per heavy atom. The summed E-state index contributed by atoms with van der Waals surface area (Å²) >= 11 is 0. The van der Waals surface area contributed by atoms with Crippen LogP contribution in [0.2, 0.25) is 0 Å². The standard InChI is InChI=1S/C27H34N2O3S/c1-4-6-9-21(5-2)19-28-27(30)24-14-12-22(13-15-24)20-29(33(3,31)32)26-17-16-23-10-7-8-11-25(23)18-26/h7-8,10-18,21H,4-6,9,19-20H2,1-3H3,(H,28,30). The van der Waals surface area contributed by atoms with E-state index in [0.717, 1.165) is 35.6 Å². The van der Waals surface area contributed by atoms with Crippen LogP contribution in [0.25, 0.3) is 10.8 Å². The number of hydrogen-bond donors (Lipinski definition) is 1. The number of carbonyl (C=O) groups is 1. The normalized spacial score (nSPS) is 12.5. The molecule has 0 aliphatic rings. The highest BCUT2D eigenvalue weighted by Crippen LogP contribution is 2.25. The van der Waals surface area contributed by atoms with E-state index < -0.39 is 10.0 Å². The molecule has 0 aromatic heterocycles. The summed E-state index contributed by atoms with van der Waals surface area (Å²) < 4.78 is 26.5. The van der Waals surface area contributed by atoms with Gasteiger partial charge in [-0.15, -0.1) is 0 Å². The van der Waals surface area contributed by atoms with Crippen molar-refractivity contribution in [3.8, 4) is 0 Å². The Labute approximate surface area is 197 Å². The van der Waals surface area contributed by atoms with Gasteiger partial charge in [-0.3, -0.25) is 9.10 Å². The summed E-state index contributed by atoms with van der Waals surface area (Å²) in [6, 6.07) is 20.7. The molecule has 176 valence electrons. The third kappa shape index (κ3) is 6.81. The molecule has 1 amide bonds. The van der Waals surface area contributed by atoms with Gasteiger partial charge in [-0.25, -0.2) is 8.42 Å². The quantitative estimate of drug-likeness (QED) is 0.391. The van der Waals surface area contributed by atoms with Gasteiger partial charge in [0.1, 0.15) is 0 Å². The fourth-order valence-electron chi connectivity index (χ4n) is 3.94. The Balaban J connectivity index is 1.71. The fourth-order valence-corrected chi connectivity index (χ4v) is 4.82. The van der Waals surface area contributed by atoms with Gasteiger partial charge >= 0.3 is 0 Å². The third-order valence-corrected chi connectivity index (χ3v) is 7.20. The lowest BCUT2D eigenvalue weighted by Crippen LogP contribution is -2.30. The van der Waals surface area contributed by atoms with Crippen molar-refractivity contribution < 1.29 is 13.2 Å². The van der Waals surface area contributed by atoms with E-state index in [1.54, 1.807) is 12.1 Å².